The average molecular weight is 440 g/mol. The minimum absolute atomic E-state index is 0.0542. The summed E-state index contributed by atoms with van der Waals surface area (Å²) in [5.74, 6) is 0. The van der Waals surface area contributed by atoms with Gasteiger partial charge in [0.05, 0.1) is 5.69 Å². The Kier molecular flexibility index (Phi) is 6.81. The molecule has 0 unspecified atom stereocenters. The van der Waals surface area contributed by atoms with Gasteiger partial charge in [-0.3, -0.25) is 0 Å². The largest absolute Gasteiger partial charge is 0.444 e. The maximum Gasteiger partial charge on any atom is 0.424 e. The number of ether oxygens (including phenoxy) is 2. The van der Waals surface area contributed by atoms with Crippen LogP contribution in [-0.4, -0.2) is 12.2 Å². The summed E-state index contributed by atoms with van der Waals surface area (Å²) in [6.07, 6.45) is -1.60. The molecule has 0 aromatic heterocycles. The summed E-state index contributed by atoms with van der Waals surface area (Å²) in [4.78, 5) is 26.2. The van der Waals surface area contributed by atoms with Crippen molar-refractivity contribution >= 4 is 33.8 Å². The van der Waals surface area contributed by atoms with Crippen molar-refractivity contribution in [1.29, 1.82) is 0 Å². The molecule has 0 saturated heterocycles. The second kappa shape index (κ2) is 9.71. The molecule has 0 fully saturated rings. The first kappa shape index (κ1) is 19.6. The number of halogens is 1. The van der Waals surface area contributed by atoms with Gasteiger partial charge in [0.1, 0.15) is 13.2 Å². The minimum Gasteiger partial charge on any atom is -0.444 e. The van der Waals surface area contributed by atoms with Gasteiger partial charge in [-0.15, -0.1) is 0 Å². The third-order valence-corrected chi connectivity index (χ3v) is 4.39. The van der Waals surface area contributed by atoms with Crippen molar-refractivity contribution in [3.63, 3.8) is 0 Å². The summed E-state index contributed by atoms with van der Waals surface area (Å²) < 4.78 is 11.5. The first-order valence-corrected chi connectivity index (χ1v) is 9.40. The Balaban J connectivity index is 1.73. The van der Waals surface area contributed by atoms with E-state index < -0.39 is 12.2 Å². The van der Waals surface area contributed by atoms with Gasteiger partial charge in [0.25, 0.3) is 0 Å². The van der Waals surface area contributed by atoms with Gasteiger partial charge in [-0.2, -0.15) is 4.90 Å². The van der Waals surface area contributed by atoms with E-state index in [4.69, 9.17) is 9.47 Å². The van der Waals surface area contributed by atoms with E-state index in [0.717, 1.165) is 20.5 Å². The first-order chi connectivity index (χ1) is 13.6. The van der Waals surface area contributed by atoms with Crippen molar-refractivity contribution in [1.82, 2.24) is 0 Å². The normalized spacial score (nSPS) is 10.2. The zero-order chi connectivity index (χ0) is 19.8. The van der Waals surface area contributed by atoms with Crippen LogP contribution in [-0.2, 0) is 22.7 Å². The monoisotopic (exact) mass is 439 g/mol. The van der Waals surface area contributed by atoms with E-state index in [2.05, 4.69) is 15.9 Å². The smallest absolute Gasteiger partial charge is 0.424 e. The van der Waals surface area contributed by atoms with Crippen molar-refractivity contribution in [2.45, 2.75) is 13.2 Å². The molecule has 0 heterocycles. The summed E-state index contributed by atoms with van der Waals surface area (Å²) in [5, 5.41) is 0. The average Bonchev–Trinajstić information content (AvgIpc) is 2.74. The highest BCUT2D eigenvalue weighted by molar-refractivity contribution is 9.10. The Bertz CT molecular complexity index is 859. The first-order valence-electron chi connectivity index (χ1n) is 8.60. The van der Waals surface area contributed by atoms with E-state index in [1.54, 1.807) is 24.3 Å². The van der Waals surface area contributed by atoms with Crippen LogP contribution in [0.3, 0.4) is 0 Å². The number of imide groups is 1. The van der Waals surface area contributed by atoms with Crippen LogP contribution >= 0.6 is 15.9 Å². The Morgan fingerprint density at radius 1 is 0.679 bits per heavy atom. The Hall–Kier alpha value is -3.12. The lowest BCUT2D eigenvalue weighted by atomic mass is 10.2. The molecular formula is C22H18BrNO4. The minimum atomic E-state index is -0.802. The molecule has 5 nitrogen and oxygen atoms in total. The summed E-state index contributed by atoms with van der Waals surface area (Å²) in [6.45, 7) is 0.108. The number of nitrogens with zero attached hydrogens (tertiary/aromatic N) is 1. The molecule has 0 atom stereocenters. The van der Waals surface area contributed by atoms with E-state index in [1.165, 1.54) is 0 Å². The molecule has 142 valence electrons. The number of hydrogen-bond donors (Lipinski definition) is 0. The van der Waals surface area contributed by atoms with Gasteiger partial charge in [0, 0.05) is 4.47 Å². The van der Waals surface area contributed by atoms with Gasteiger partial charge in [0.2, 0.25) is 0 Å². The third-order valence-electron chi connectivity index (χ3n) is 3.86. The van der Waals surface area contributed by atoms with Crippen LogP contribution < -0.4 is 4.90 Å². The Labute approximate surface area is 171 Å². The molecule has 3 aromatic carbocycles. The quantitative estimate of drug-likeness (QED) is 0.494. The van der Waals surface area contributed by atoms with Gasteiger partial charge in [-0.1, -0.05) is 76.6 Å². The maximum absolute atomic E-state index is 12.6. The molecule has 0 aliphatic heterocycles. The molecule has 6 heteroatoms. The van der Waals surface area contributed by atoms with Crippen molar-refractivity contribution in [3.05, 3.63) is 101 Å². The number of benzene rings is 3. The Morgan fingerprint density at radius 3 is 1.54 bits per heavy atom. The summed E-state index contributed by atoms with van der Waals surface area (Å²) >= 11 is 3.34. The van der Waals surface area contributed by atoms with Crippen LogP contribution in [0.15, 0.2) is 89.4 Å². The van der Waals surface area contributed by atoms with Crippen LogP contribution in [0.25, 0.3) is 0 Å². The third kappa shape index (κ3) is 5.44. The van der Waals surface area contributed by atoms with Gasteiger partial charge < -0.3 is 9.47 Å². The van der Waals surface area contributed by atoms with Crippen LogP contribution in [0.2, 0.25) is 0 Å². The van der Waals surface area contributed by atoms with Crippen molar-refractivity contribution < 1.29 is 19.1 Å². The van der Waals surface area contributed by atoms with Gasteiger partial charge in [0.15, 0.2) is 0 Å². The molecular weight excluding hydrogens is 422 g/mol. The summed E-state index contributed by atoms with van der Waals surface area (Å²) in [6, 6.07) is 25.2. The molecule has 0 N–H and O–H groups in total. The Morgan fingerprint density at radius 2 is 1.11 bits per heavy atom. The highest BCUT2D eigenvalue weighted by Gasteiger charge is 2.27. The number of hydrogen-bond acceptors (Lipinski definition) is 4. The molecule has 3 aromatic rings. The lowest BCUT2D eigenvalue weighted by molar-refractivity contribution is 0.127. The van der Waals surface area contributed by atoms with Crippen LogP contribution in [0.1, 0.15) is 11.1 Å². The fourth-order valence-corrected chi connectivity index (χ4v) is 2.71. The standard InChI is InChI=1S/C22H18BrNO4/c23-19-11-13-20(14-12-19)24(21(25)27-15-17-7-3-1-4-8-17)22(26)28-16-18-9-5-2-6-10-18/h1-14H,15-16H2. The molecule has 2 amide bonds. The van der Waals surface area contributed by atoms with E-state index in [9.17, 15) is 9.59 Å². The number of rotatable bonds is 5. The number of amides is 2. The molecule has 0 radical (unpaired) electrons. The predicted molar refractivity (Wildman–Crippen MR) is 110 cm³/mol. The number of anilines is 1. The second-order valence-corrected chi connectivity index (χ2v) is 6.81. The molecule has 0 aliphatic rings. The van der Waals surface area contributed by atoms with Crippen LogP contribution in [0.4, 0.5) is 15.3 Å². The molecule has 0 aliphatic carbocycles. The number of carbonyl (C=O) groups excluding carboxylic acids is 2. The van der Waals surface area contributed by atoms with Gasteiger partial charge in [-0.05, 0) is 35.4 Å². The van der Waals surface area contributed by atoms with Crippen molar-refractivity contribution in [3.8, 4) is 0 Å². The lowest BCUT2D eigenvalue weighted by Gasteiger charge is -2.20. The molecule has 3 rings (SSSR count). The van der Waals surface area contributed by atoms with Crippen LogP contribution in [0.5, 0.6) is 0 Å². The predicted octanol–water partition coefficient (Wildman–Crippen LogP) is 5.93. The van der Waals surface area contributed by atoms with Crippen molar-refractivity contribution in [2.24, 2.45) is 0 Å². The maximum atomic E-state index is 12.6. The molecule has 0 saturated carbocycles. The topological polar surface area (TPSA) is 55.8 Å². The molecule has 28 heavy (non-hydrogen) atoms. The number of carbonyl (C=O) groups is 2. The van der Waals surface area contributed by atoms with E-state index in [1.807, 2.05) is 60.7 Å². The van der Waals surface area contributed by atoms with E-state index >= 15 is 0 Å². The van der Waals surface area contributed by atoms with Gasteiger partial charge in [-0.25, -0.2) is 9.59 Å². The van der Waals surface area contributed by atoms with E-state index in [-0.39, 0.29) is 13.2 Å². The van der Waals surface area contributed by atoms with Crippen molar-refractivity contribution in [2.75, 3.05) is 4.90 Å². The summed E-state index contributed by atoms with van der Waals surface area (Å²) in [7, 11) is 0. The highest BCUT2D eigenvalue weighted by Crippen LogP contribution is 2.21. The second-order valence-electron chi connectivity index (χ2n) is 5.89. The highest BCUT2D eigenvalue weighted by atomic mass is 79.9. The van der Waals surface area contributed by atoms with E-state index in [0.29, 0.717) is 5.69 Å². The zero-order valence-corrected chi connectivity index (χ0v) is 16.5. The fourth-order valence-electron chi connectivity index (χ4n) is 2.44. The molecule has 0 spiro atoms. The fraction of sp³-hybridized carbons (Fsp3) is 0.0909. The summed E-state index contributed by atoms with van der Waals surface area (Å²) in [5.41, 5.74) is 2.01. The zero-order valence-electron chi connectivity index (χ0n) is 15.0. The van der Waals surface area contributed by atoms with Crippen LogP contribution in [0, 0.1) is 0 Å². The van der Waals surface area contributed by atoms with Gasteiger partial charge >= 0.3 is 12.2 Å². The SMILES string of the molecule is O=C(OCc1ccccc1)N(C(=O)OCc1ccccc1)c1ccc(Br)cc1. The molecule has 0 bridgehead atoms. The lowest BCUT2D eigenvalue weighted by Crippen LogP contribution is -2.37.